The molecule has 0 spiro atoms. The van der Waals surface area contributed by atoms with Crippen molar-refractivity contribution in [2.75, 3.05) is 45.2 Å². The summed E-state index contributed by atoms with van der Waals surface area (Å²) in [5, 5.41) is 6.19. The highest BCUT2D eigenvalue weighted by Crippen LogP contribution is 2.46. The third kappa shape index (κ3) is 6.21. The second-order valence-electron chi connectivity index (χ2n) is 7.67. The molecule has 13 heteroatoms. The summed E-state index contributed by atoms with van der Waals surface area (Å²) in [6.07, 6.45) is 3.51. The average Bonchev–Trinajstić information content (AvgIpc) is 3.32. The molecule has 28 heavy (non-hydrogen) atoms. The molecule has 2 fully saturated rings. The van der Waals surface area contributed by atoms with Gasteiger partial charge in [-0.2, -0.15) is 17.5 Å². The Morgan fingerprint density at radius 1 is 1.14 bits per heavy atom. The highest BCUT2D eigenvalue weighted by Gasteiger charge is 2.50. The molecule has 0 aromatic rings. The van der Waals surface area contributed by atoms with E-state index in [0.717, 1.165) is 12.8 Å². The average molecular weight is 449 g/mol. The van der Waals surface area contributed by atoms with E-state index in [0.29, 0.717) is 36.2 Å². The first-order valence-electron chi connectivity index (χ1n) is 8.97. The zero-order valence-corrected chi connectivity index (χ0v) is 17.6. The quantitative estimate of drug-likeness (QED) is 0.435. The van der Waals surface area contributed by atoms with Gasteiger partial charge in [0, 0.05) is 44.9 Å². The first kappa shape index (κ1) is 23.2. The Morgan fingerprint density at radius 3 is 2.14 bits per heavy atom. The SMILES string of the molecule is CN=C(NCC1CCN(S(=O)(=O)C(F)(F)F)CC1)NCC1(CS(C)(=O)=O)CC1. The lowest BCUT2D eigenvalue weighted by Gasteiger charge is -2.31. The lowest BCUT2D eigenvalue weighted by atomic mass is 9.98. The van der Waals surface area contributed by atoms with Gasteiger partial charge in [-0.1, -0.05) is 0 Å². The van der Waals surface area contributed by atoms with Gasteiger partial charge in [0.25, 0.3) is 0 Å². The van der Waals surface area contributed by atoms with Gasteiger partial charge in [-0.05, 0) is 31.6 Å². The number of rotatable bonds is 7. The molecule has 8 nitrogen and oxygen atoms in total. The lowest BCUT2D eigenvalue weighted by molar-refractivity contribution is -0.0496. The zero-order chi connectivity index (χ0) is 21.2. The van der Waals surface area contributed by atoms with E-state index in [1.165, 1.54) is 6.26 Å². The molecule has 0 bridgehead atoms. The maximum absolute atomic E-state index is 12.6. The van der Waals surface area contributed by atoms with Gasteiger partial charge in [0.1, 0.15) is 9.84 Å². The summed E-state index contributed by atoms with van der Waals surface area (Å²) in [6.45, 7) is 0.579. The van der Waals surface area contributed by atoms with Crippen molar-refractivity contribution in [2.45, 2.75) is 31.2 Å². The molecule has 1 aliphatic carbocycles. The zero-order valence-electron chi connectivity index (χ0n) is 15.9. The highest BCUT2D eigenvalue weighted by atomic mass is 32.2. The van der Waals surface area contributed by atoms with E-state index in [1.54, 1.807) is 7.05 Å². The Balaban J connectivity index is 1.77. The minimum Gasteiger partial charge on any atom is -0.356 e. The molecule has 0 radical (unpaired) electrons. The Morgan fingerprint density at radius 2 is 1.71 bits per heavy atom. The van der Waals surface area contributed by atoms with Crippen LogP contribution in [-0.4, -0.2) is 77.8 Å². The van der Waals surface area contributed by atoms with Gasteiger partial charge in [-0.15, -0.1) is 0 Å². The molecular formula is C15H27F3N4O4S2. The van der Waals surface area contributed by atoms with E-state index in [2.05, 4.69) is 15.6 Å². The number of aliphatic imine (C=N–C) groups is 1. The van der Waals surface area contributed by atoms with Crippen LogP contribution in [0.2, 0.25) is 0 Å². The van der Waals surface area contributed by atoms with Crippen molar-refractivity contribution in [3.63, 3.8) is 0 Å². The van der Waals surface area contributed by atoms with E-state index in [4.69, 9.17) is 0 Å². The summed E-state index contributed by atoms with van der Waals surface area (Å²) in [5.74, 6) is 0.630. The van der Waals surface area contributed by atoms with Crippen LogP contribution in [0, 0.1) is 11.3 Å². The largest absolute Gasteiger partial charge is 0.511 e. The van der Waals surface area contributed by atoms with Gasteiger partial charge in [-0.25, -0.2) is 16.8 Å². The van der Waals surface area contributed by atoms with Crippen LogP contribution in [0.4, 0.5) is 13.2 Å². The summed E-state index contributed by atoms with van der Waals surface area (Å²) in [7, 11) is -6.76. The molecule has 0 aromatic heterocycles. The maximum Gasteiger partial charge on any atom is 0.511 e. The molecule has 0 atom stereocenters. The number of piperidine rings is 1. The fourth-order valence-electron chi connectivity index (χ4n) is 3.34. The molecule has 2 rings (SSSR count). The van der Waals surface area contributed by atoms with E-state index < -0.39 is 25.4 Å². The minimum absolute atomic E-state index is 0.0177. The van der Waals surface area contributed by atoms with Gasteiger partial charge < -0.3 is 10.6 Å². The highest BCUT2D eigenvalue weighted by molar-refractivity contribution is 7.90. The normalized spacial score (nSPS) is 22.1. The van der Waals surface area contributed by atoms with Gasteiger partial charge in [0.15, 0.2) is 5.96 Å². The number of hydrogen-bond donors (Lipinski definition) is 2. The van der Waals surface area contributed by atoms with Gasteiger partial charge >= 0.3 is 15.5 Å². The Bertz CT molecular complexity index is 785. The molecule has 1 aliphatic heterocycles. The van der Waals surface area contributed by atoms with Crippen molar-refractivity contribution in [2.24, 2.45) is 16.3 Å². The fraction of sp³-hybridized carbons (Fsp3) is 0.933. The second kappa shape index (κ2) is 8.34. The van der Waals surface area contributed by atoms with Crippen LogP contribution in [0.3, 0.4) is 0 Å². The van der Waals surface area contributed by atoms with Crippen LogP contribution in [0.25, 0.3) is 0 Å². The standard InChI is InChI=1S/C15H27F3N4O4S2/c1-19-13(21-10-14(5-6-14)11-27(2,23)24)20-9-12-3-7-22(8-4-12)28(25,26)15(16,17)18/h12H,3-11H2,1-2H3,(H2,19,20,21). The van der Waals surface area contributed by atoms with Crippen molar-refractivity contribution in [3.8, 4) is 0 Å². The Labute approximate surface area is 163 Å². The summed E-state index contributed by atoms with van der Waals surface area (Å²) >= 11 is 0. The number of sulfone groups is 1. The molecule has 1 saturated heterocycles. The molecular weight excluding hydrogens is 421 g/mol. The fourth-order valence-corrected chi connectivity index (χ4v) is 5.83. The molecule has 0 amide bonds. The van der Waals surface area contributed by atoms with Crippen molar-refractivity contribution in [3.05, 3.63) is 0 Å². The Hall–Kier alpha value is -1.08. The predicted molar refractivity (Wildman–Crippen MR) is 100 cm³/mol. The smallest absolute Gasteiger partial charge is 0.356 e. The van der Waals surface area contributed by atoms with Crippen LogP contribution >= 0.6 is 0 Å². The van der Waals surface area contributed by atoms with E-state index in [-0.39, 0.29) is 30.2 Å². The molecule has 2 aliphatic rings. The number of nitrogens with one attached hydrogen (secondary N) is 2. The number of hydrogen-bond acceptors (Lipinski definition) is 5. The molecule has 1 saturated carbocycles. The molecule has 1 heterocycles. The molecule has 0 unspecified atom stereocenters. The molecule has 2 N–H and O–H groups in total. The summed E-state index contributed by atoms with van der Waals surface area (Å²) in [6, 6.07) is 0. The maximum atomic E-state index is 12.6. The van der Waals surface area contributed by atoms with Gasteiger partial charge in [0.05, 0.1) is 5.75 Å². The van der Waals surface area contributed by atoms with E-state index in [9.17, 15) is 30.0 Å². The van der Waals surface area contributed by atoms with Crippen molar-refractivity contribution < 1.29 is 30.0 Å². The van der Waals surface area contributed by atoms with E-state index >= 15 is 0 Å². The summed E-state index contributed by atoms with van der Waals surface area (Å²) in [5.41, 5.74) is -5.53. The van der Waals surface area contributed by atoms with Crippen molar-refractivity contribution >= 4 is 25.8 Å². The van der Waals surface area contributed by atoms with Crippen LogP contribution in [0.15, 0.2) is 4.99 Å². The third-order valence-corrected chi connectivity index (χ3v) is 7.91. The van der Waals surface area contributed by atoms with Crippen LogP contribution in [-0.2, 0) is 19.9 Å². The van der Waals surface area contributed by atoms with Gasteiger partial charge in [0.2, 0.25) is 0 Å². The summed E-state index contributed by atoms with van der Waals surface area (Å²) in [4.78, 5) is 4.08. The summed E-state index contributed by atoms with van der Waals surface area (Å²) < 4.78 is 84.1. The first-order valence-corrected chi connectivity index (χ1v) is 12.5. The number of nitrogens with zero attached hydrogens (tertiary/aromatic N) is 2. The second-order valence-corrected chi connectivity index (χ2v) is 11.7. The Kier molecular flexibility index (Phi) is 6.91. The molecule has 0 aromatic carbocycles. The van der Waals surface area contributed by atoms with Crippen LogP contribution < -0.4 is 10.6 Å². The van der Waals surface area contributed by atoms with E-state index in [1.807, 2.05) is 0 Å². The lowest BCUT2D eigenvalue weighted by Crippen LogP contribution is -2.47. The third-order valence-electron chi connectivity index (χ3n) is 5.14. The van der Waals surface area contributed by atoms with Crippen molar-refractivity contribution in [1.29, 1.82) is 0 Å². The molecule has 164 valence electrons. The number of guanidine groups is 1. The monoisotopic (exact) mass is 448 g/mol. The number of alkyl halides is 3. The number of sulfonamides is 1. The van der Waals surface area contributed by atoms with Crippen LogP contribution in [0.1, 0.15) is 25.7 Å². The predicted octanol–water partition coefficient (Wildman–Crippen LogP) is 0.538. The first-order chi connectivity index (χ1) is 12.8. The van der Waals surface area contributed by atoms with Crippen molar-refractivity contribution in [1.82, 2.24) is 14.9 Å². The van der Waals surface area contributed by atoms with Crippen LogP contribution in [0.5, 0.6) is 0 Å². The number of halogens is 3. The minimum atomic E-state index is -5.27. The topological polar surface area (TPSA) is 108 Å². The van der Waals surface area contributed by atoms with Gasteiger partial charge in [-0.3, -0.25) is 4.99 Å².